The van der Waals surface area contributed by atoms with Crippen molar-refractivity contribution in [2.45, 2.75) is 9.93 Å². The van der Waals surface area contributed by atoms with Gasteiger partial charge in [0.2, 0.25) is 4.87 Å². The number of para-hydroxylation sites is 1. The van der Waals surface area contributed by atoms with Crippen LogP contribution < -0.4 is 9.96 Å². The average molecular weight is 471 g/mol. The second-order valence-corrected chi connectivity index (χ2v) is 9.68. The van der Waals surface area contributed by atoms with Gasteiger partial charge in [0.05, 0.1) is 5.69 Å². The molecule has 6 heteroatoms. The molecule has 1 amide bonds. The maximum absolute atomic E-state index is 14.5. The Morgan fingerprint density at radius 3 is 1.82 bits per heavy atom. The Morgan fingerprint density at radius 2 is 1.21 bits per heavy atom. The summed E-state index contributed by atoms with van der Waals surface area (Å²) in [4.78, 5) is 22.0. The van der Waals surface area contributed by atoms with E-state index in [1.165, 1.54) is 11.8 Å². The molecule has 2 unspecified atom stereocenters. The van der Waals surface area contributed by atoms with Crippen molar-refractivity contribution >= 4 is 40.6 Å². The zero-order valence-corrected chi connectivity index (χ0v) is 19.0. The van der Waals surface area contributed by atoms with Gasteiger partial charge in [-0.05, 0) is 42.0 Å². The Bertz CT molecular complexity index is 1300. The number of fused-ring (bicyclic) bond motifs is 2. The van der Waals surface area contributed by atoms with E-state index in [0.29, 0.717) is 5.02 Å². The largest absolute Gasteiger partial charge is 0.274 e. The van der Waals surface area contributed by atoms with Crippen LogP contribution in [0, 0.1) is 0 Å². The van der Waals surface area contributed by atoms with Crippen molar-refractivity contribution in [3.8, 4) is 0 Å². The van der Waals surface area contributed by atoms with Crippen molar-refractivity contribution < 1.29 is 9.63 Å². The fourth-order valence-electron chi connectivity index (χ4n) is 4.48. The normalized spacial score (nSPS) is 23.8. The summed E-state index contributed by atoms with van der Waals surface area (Å²) in [6.45, 7) is 0. The molecule has 0 aromatic heterocycles. The molecule has 0 aliphatic carbocycles. The van der Waals surface area contributed by atoms with Crippen LogP contribution in [0.5, 0.6) is 0 Å². The smallest absolute Gasteiger partial charge is 0.270 e. The molecule has 2 saturated heterocycles. The van der Waals surface area contributed by atoms with E-state index < -0.39 is 9.93 Å². The first kappa shape index (κ1) is 20.4. The first-order valence-electron chi connectivity index (χ1n) is 10.6. The minimum Gasteiger partial charge on any atom is -0.270 e. The molecule has 162 valence electrons. The molecule has 2 aliphatic rings. The van der Waals surface area contributed by atoms with Crippen LogP contribution >= 0.6 is 23.4 Å². The van der Waals surface area contributed by atoms with Gasteiger partial charge < -0.3 is 0 Å². The van der Waals surface area contributed by atoms with E-state index in [2.05, 4.69) is 0 Å². The summed E-state index contributed by atoms with van der Waals surface area (Å²) in [5.41, 5.74) is 3.29. The number of amides is 1. The zero-order chi connectivity index (χ0) is 22.5. The van der Waals surface area contributed by atoms with E-state index in [1.807, 2.05) is 103 Å². The highest BCUT2D eigenvalue weighted by Gasteiger charge is 2.73. The molecule has 0 N–H and O–H groups in total. The monoisotopic (exact) mass is 470 g/mol. The van der Waals surface area contributed by atoms with Gasteiger partial charge in [-0.2, -0.15) is 0 Å². The van der Waals surface area contributed by atoms with Gasteiger partial charge in [-0.1, -0.05) is 102 Å². The fraction of sp³-hybridized carbons (Fsp3) is 0.0741. The van der Waals surface area contributed by atoms with E-state index in [1.54, 1.807) is 22.1 Å². The number of thioether (sulfide) groups is 1. The molecular formula is C27H19ClN2O2S. The second kappa shape index (κ2) is 7.66. The Balaban J connectivity index is 1.62. The number of hydrogen-bond donors (Lipinski definition) is 0. The van der Waals surface area contributed by atoms with Gasteiger partial charge in [0, 0.05) is 16.3 Å². The van der Waals surface area contributed by atoms with Gasteiger partial charge in [-0.15, -0.1) is 0 Å². The van der Waals surface area contributed by atoms with Gasteiger partial charge in [-0.3, -0.25) is 9.69 Å². The van der Waals surface area contributed by atoms with Crippen LogP contribution in [0.25, 0.3) is 0 Å². The minimum absolute atomic E-state index is 0.0695. The molecule has 4 aromatic carbocycles. The first-order chi connectivity index (χ1) is 16.1. The summed E-state index contributed by atoms with van der Waals surface area (Å²) in [7, 11) is 0. The van der Waals surface area contributed by atoms with Crippen molar-refractivity contribution in [3.63, 3.8) is 0 Å². The molecule has 0 radical (unpaired) electrons. The summed E-state index contributed by atoms with van der Waals surface area (Å²) in [6.07, 6.45) is 0. The lowest BCUT2D eigenvalue weighted by molar-refractivity contribution is -0.133. The van der Waals surface area contributed by atoms with Crippen LogP contribution in [0.3, 0.4) is 0 Å². The summed E-state index contributed by atoms with van der Waals surface area (Å²) >= 11 is 7.66. The van der Waals surface area contributed by atoms with Gasteiger partial charge >= 0.3 is 0 Å². The number of carbonyl (C=O) groups excluding carboxylic acids is 1. The third-order valence-electron chi connectivity index (χ3n) is 5.95. The Hall–Kier alpha value is -3.25. The number of benzene rings is 4. The molecule has 2 aliphatic heterocycles. The molecule has 0 saturated carbocycles. The molecule has 6 rings (SSSR count). The van der Waals surface area contributed by atoms with E-state index in [-0.39, 0.29) is 5.91 Å². The summed E-state index contributed by atoms with van der Waals surface area (Å²) in [6, 6.07) is 36.8. The predicted molar refractivity (Wildman–Crippen MR) is 133 cm³/mol. The standard InChI is InChI=1S/C27H19ClN2O2S/c28-22-16-18-23(19-17-22)29-25(31)26(20-10-4-1-5-11-20)30(24-14-8-3-9-15-24)32-27(29,33-26)21-12-6-2-7-13-21/h1-19H. The van der Waals surface area contributed by atoms with E-state index >= 15 is 0 Å². The van der Waals surface area contributed by atoms with Crippen LogP contribution in [0.15, 0.2) is 115 Å². The highest BCUT2D eigenvalue weighted by molar-refractivity contribution is 8.02. The minimum atomic E-state index is -1.10. The summed E-state index contributed by atoms with van der Waals surface area (Å²) in [5.74, 6) is -0.0695. The first-order valence-corrected chi connectivity index (χ1v) is 11.8. The molecule has 2 atom stereocenters. The molecule has 2 fully saturated rings. The lowest BCUT2D eigenvalue weighted by Crippen LogP contribution is -2.58. The van der Waals surface area contributed by atoms with E-state index in [0.717, 1.165) is 22.5 Å². The zero-order valence-electron chi connectivity index (χ0n) is 17.5. The third-order valence-corrected chi connectivity index (χ3v) is 7.85. The number of hydroxylamine groups is 1. The second-order valence-electron chi connectivity index (χ2n) is 7.90. The SMILES string of the molecule is O=C1N(c2ccc(Cl)cc2)C2(c3ccccc3)ON(c3ccccc3)C1(c1ccccc1)S2. The molecule has 0 spiro atoms. The van der Waals surface area contributed by atoms with Crippen LogP contribution in [-0.2, 0) is 19.6 Å². The maximum atomic E-state index is 14.5. The van der Waals surface area contributed by atoms with Crippen LogP contribution in [0.1, 0.15) is 11.1 Å². The molecular weight excluding hydrogens is 452 g/mol. The average Bonchev–Trinajstić information content (AvgIpc) is 3.37. The topological polar surface area (TPSA) is 32.8 Å². The van der Waals surface area contributed by atoms with Crippen LogP contribution in [0.2, 0.25) is 5.02 Å². The van der Waals surface area contributed by atoms with E-state index in [4.69, 9.17) is 16.4 Å². The highest BCUT2D eigenvalue weighted by atomic mass is 35.5. The Morgan fingerprint density at radius 1 is 0.667 bits per heavy atom. The van der Waals surface area contributed by atoms with Crippen molar-refractivity contribution in [1.29, 1.82) is 0 Å². The quantitative estimate of drug-likeness (QED) is 0.339. The lowest BCUT2D eigenvalue weighted by atomic mass is 10.0. The van der Waals surface area contributed by atoms with Gasteiger partial charge in [0.25, 0.3) is 11.0 Å². The van der Waals surface area contributed by atoms with Gasteiger partial charge in [-0.25, -0.2) is 9.90 Å². The number of hydrogen-bond acceptors (Lipinski definition) is 4. The number of carbonyl (C=O) groups is 1. The number of halogens is 1. The predicted octanol–water partition coefficient (Wildman–Crippen LogP) is 6.54. The lowest BCUT2D eigenvalue weighted by Gasteiger charge is -2.43. The van der Waals surface area contributed by atoms with Crippen LogP contribution in [-0.4, -0.2) is 5.91 Å². The fourth-order valence-corrected chi connectivity index (χ4v) is 6.31. The Kier molecular flexibility index (Phi) is 4.73. The number of nitrogens with zero attached hydrogens (tertiary/aromatic N) is 2. The van der Waals surface area contributed by atoms with Crippen molar-refractivity contribution in [2.75, 3.05) is 9.96 Å². The highest BCUT2D eigenvalue weighted by Crippen LogP contribution is 2.68. The summed E-state index contributed by atoms with van der Waals surface area (Å²) in [5, 5.41) is 1.30. The third kappa shape index (κ3) is 2.93. The van der Waals surface area contributed by atoms with Crippen molar-refractivity contribution in [1.82, 2.24) is 0 Å². The Labute approximate surface area is 201 Å². The van der Waals surface area contributed by atoms with Gasteiger partial charge in [0.1, 0.15) is 0 Å². The van der Waals surface area contributed by atoms with Crippen LogP contribution in [0.4, 0.5) is 11.4 Å². The van der Waals surface area contributed by atoms with Crippen molar-refractivity contribution in [2.24, 2.45) is 0 Å². The molecule has 4 nitrogen and oxygen atoms in total. The number of rotatable bonds is 4. The van der Waals surface area contributed by atoms with Crippen molar-refractivity contribution in [3.05, 3.63) is 131 Å². The summed E-state index contributed by atoms with van der Waals surface area (Å²) < 4.78 is 0. The maximum Gasteiger partial charge on any atom is 0.274 e. The van der Waals surface area contributed by atoms with Gasteiger partial charge in [0.15, 0.2) is 0 Å². The number of anilines is 2. The molecule has 33 heavy (non-hydrogen) atoms. The molecule has 4 aromatic rings. The van der Waals surface area contributed by atoms with E-state index in [9.17, 15) is 4.79 Å². The molecule has 2 bridgehead atoms. The molecule has 2 heterocycles.